The van der Waals surface area contributed by atoms with E-state index in [4.69, 9.17) is 5.53 Å². The molecule has 0 aromatic carbocycles. The van der Waals surface area contributed by atoms with Crippen molar-refractivity contribution >= 4 is 0 Å². The summed E-state index contributed by atoms with van der Waals surface area (Å²) in [7, 11) is 0. The highest BCUT2D eigenvalue weighted by molar-refractivity contribution is 5.20. The van der Waals surface area contributed by atoms with Crippen molar-refractivity contribution in [2.75, 3.05) is 0 Å². The molecule has 0 aliphatic heterocycles. The fraction of sp³-hybridized carbons (Fsp3) is 0.500. The van der Waals surface area contributed by atoms with Crippen LogP contribution in [0.25, 0.3) is 0 Å². The van der Waals surface area contributed by atoms with Crippen LogP contribution in [-0.4, -0.2) is 0 Å². The smallest absolute Gasteiger partial charge is 0.0595 e. The van der Waals surface area contributed by atoms with Gasteiger partial charge < -0.3 is 0 Å². The van der Waals surface area contributed by atoms with Gasteiger partial charge in [-0.25, -0.2) is 5.53 Å². The summed E-state index contributed by atoms with van der Waals surface area (Å²) in [4.78, 5) is 0. The van der Waals surface area contributed by atoms with E-state index in [2.05, 4.69) is 12.0 Å². The molecule has 0 aromatic rings. The molecule has 0 rings (SSSR count). The van der Waals surface area contributed by atoms with Crippen molar-refractivity contribution in [2.45, 2.75) is 27.2 Å². The van der Waals surface area contributed by atoms with Gasteiger partial charge in [0.2, 0.25) is 0 Å². The van der Waals surface area contributed by atoms with Crippen LogP contribution in [0.2, 0.25) is 0 Å². The summed E-state index contributed by atoms with van der Waals surface area (Å²) in [5, 5.41) is 3.29. The van der Waals surface area contributed by atoms with E-state index >= 15 is 0 Å². The molecule has 0 aromatic heterocycles. The molecule has 10 heavy (non-hydrogen) atoms. The lowest BCUT2D eigenvalue weighted by atomic mass is 10.2. The van der Waals surface area contributed by atoms with Gasteiger partial charge in [0.25, 0.3) is 0 Å². The number of rotatable bonds is 3. The minimum Gasteiger partial charge on any atom is -0.205 e. The average Bonchev–Trinajstić information content (AvgIpc) is 1.99. The van der Waals surface area contributed by atoms with Crippen LogP contribution in [0.15, 0.2) is 28.5 Å². The largest absolute Gasteiger partial charge is 0.205 e. The molecule has 0 fully saturated rings. The SMILES string of the molecule is C/C=C(/C=C(/C)N=N)CC. The Morgan fingerprint density at radius 3 is 2.50 bits per heavy atom. The lowest BCUT2D eigenvalue weighted by Crippen LogP contribution is -1.74. The Labute approximate surface area is 62.2 Å². The molecule has 0 aliphatic carbocycles. The van der Waals surface area contributed by atoms with Crippen molar-refractivity contribution in [3.63, 3.8) is 0 Å². The van der Waals surface area contributed by atoms with Crippen molar-refractivity contribution in [3.05, 3.63) is 23.4 Å². The van der Waals surface area contributed by atoms with Gasteiger partial charge in [0.1, 0.15) is 0 Å². The molecule has 0 radical (unpaired) electrons. The van der Waals surface area contributed by atoms with Crippen molar-refractivity contribution in [2.24, 2.45) is 5.11 Å². The molecule has 0 heterocycles. The molecule has 0 bridgehead atoms. The second-order valence-corrected chi connectivity index (χ2v) is 2.11. The predicted octanol–water partition coefficient (Wildman–Crippen LogP) is 3.28. The minimum absolute atomic E-state index is 0.759. The molecule has 0 atom stereocenters. The fourth-order valence-corrected chi connectivity index (χ4v) is 0.690. The van der Waals surface area contributed by atoms with E-state index in [1.165, 1.54) is 5.57 Å². The molecular weight excluding hydrogens is 124 g/mol. The Morgan fingerprint density at radius 2 is 2.20 bits per heavy atom. The van der Waals surface area contributed by atoms with E-state index in [0.717, 1.165) is 12.1 Å². The van der Waals surface area contributed by atoms with Crippen molar-refractivity contribution in [1.82, 2.24) is 0 Å². The molecule has 56 valence electrons. The van der Waals surface area contributed by atoms with E-state index in [1.807, 2.05) is 26.0 Å². The highest BCUT2D eigenvalue weighted by atomic mass is 15.0. The fourth-order valence-electron chi connectivity index (χ4n) is 0.690. The average molecular weight is 138 g/mol. The van der Waals surface area contributed by atoms with Crippen LogP contribution < -0.4 is 0 Å². The maximum Gasteiger partial charge on any atom is 0.0595 e. The van der Waals surface area contributed by atoms with Crippen molar-refractivity contribution in [1.29, 1.82) is 5.53 Å². The number of hydrogen-bond acceptors (Lipinski definition) is 2. The molecule has 0 aliphatic rings. The summed E-state index contributed by atoms with van der Waals surface area (Å²) >= 11 is 0. The van der Waals surface area contributed by atoms with E-state index in [0.29, 0.717) is 0 Å². The first-order valence-corrected chi connectivity index (χ1v) is 3.45. The molecule has 1 N–H and O–H groups in total. The summed E-state index contributed by atoms with van der Waals surface area (Å²) in [6.45, 7) is 5.90. The topological polar surface area (TPSA) is 36.2 Å². The van der Waals surface area contributed by atoms with Gasteiger partial charge in [-0.3, -0.25) is 0 Å². The lowest BCUT2D eigenvalue weighted by Gasteiger charge is -1.94. The lowest BCUT2D eigenvalue weighted by molar-refractivity contribution is 1.04. The molecular formula is C8H14N2. The van der Waals surface area contributed by atoms with E-state index < -0.39 is 0 Å². The highest BCUT2D eigenvalue weighted by Gasteiger charge is 1.87. The van der Waals surface area contributed by atoms with Gasteiger partial charge in [-0.05, 0) is 26.3 Å². The van der Waals surface area contributed by atoms with Gasteiger partial charge in [0.05, 0.1) is 5.70 Å². The number of nitrogens with one attached hydrogen (secondary N) is 1. The second-order valence-electron chi connectivity index (χ2n) is 2.11. The maximum atomic E-state index is 6.68. The van der Waals surface area contributed by atoms with Crippen LogP contribution in [-0.2, 0) is 0 Å². The summed E-state index contributed by atoms with van der Waals surface area (Å²) in [6, 6.07) is 0. The first-order valence-electron chi connectivity index (χ1n) is 3.45. The van der Waals surface area contributed by atoms with Gasteiger partial charge in [-0.2, -0.15) is 5.11 Å². The predicted molar refractivity (Wildman–Crippen MR) is 43.0 cm³/mol. The van der Waals surface area contributed by atoms with Gasteiger partial charge in [0, 0.05) is 0 Å². The first-order chi connectivity index (χ1) is 4.74. The van der Waals surface area contributed by atoms with Crippen LogP contribution in [0.1, 0.15) is 27.2 Å². The van der Waals surface area contributed by atoms with Crippen LogP contribution in [0.4, 0.5) is 0 Å². The Morgan fingerprint density at radius 1 is 1.60 bits per heavy atom. The standard InChI is InChI=1S/C8H14N2/c1-4-8(5-2)6-7(3)10-9/h4,6,9H,5H2,1-3H3/b7-6-,8-4+,10-9?. The molecule has 2 nitrogen and oxygen atoms in total. The minimum atomic E-state index is 0.759. The van der Waals surface area contributed by atoms with Crippen LogP contribution in [0, 0.1) is 5.53 Å². The summed E-state index contributed by atoms with van der Waals surface area (Å²) in [5.74, 6) is 0. The van der Waals surface area contributed by atoms with E-state index in [9.17, 15) is 0 Å². The second kappa shape index (κ2) is 4.91. The molecule has 0 saturated carbocycles. The van der Waals surface area contributed by atoms with Gasteiger partial charge >= 0.3 is 0 Å². The van der Waals surface area contributed by atoms with Crippen LogP contribution >= 0.6 is 0 Å². The normalized spacial score (nSPS) is 13.5. The van der Waals surface area contributed by atoms with Crippen LogP contribution in [0.3, 0.4) is 0 Å². The molecule has 2 heteroatoms. The maximum absolute atomic E-state index is 6.68. The van der Waals surface area contributed by atoms with Crippen molar-refractivity contribution in [3.8, 4) is 0 Å². The third kappa shape index (κ3) is 3.17. The number of nitrogens with zero attached hydrogens (tertiary/aromatic N) is 1. The zero-order valence-electron chi connectivity index (χ0n) is 6.81. The molecule has 0 unspecified atom stereocenters. The summed E-state index contributed by atoms with van der Waals surface area (Å²) in [5.41, 5.74) is 8.67. The quantitative estimate of drug-likeness (QED) is 0.459. The zero-order valence-corrected chi connectivity index (χ0v) is 6.81. The monoisotopic (exact) mass is 138 g/mol. The third-order valence-corrected chi connectivity index (χ3v) is 1.35. The first kappa shape index (κ1) is 9.08. The Hall–Kier alpha value is -0.920. The third-order valence-electron chi connectivity index (χ3n) is 1.35. The number of allylic oxidation sites excluding steroid dienone is 4. The van der Waals surface area contributed by atoms with Crippen molar-refractivity contribution < 1.29 is 0 Å². The van der Waals surface area contributed by atoms with Gasteiger partial charge in [-0.15, -0.1) is 0 Å². The number of hydrogen-bond donors (Lipinski definition) is 1. The Bertz CT molecular complexity index is 166. The molecule has 0 amide bonds. The van der Waals surface area contributed by atoms with E-state index in [-0.39, 0.29) is 0 Å². The molecule has 0 saturated heterocycles. The highest BCUT2D eigenvalue weighted by Crippen LogP contribution is 2.06. The summed E-state index contributed by atoms with van der Waals surface area (Å²) < 4.78 is 0. The van der Waals surface area contributed by atoms with Crippen LogP contribution in [0.5, 0.6) is 0 Å². The van der Waals surface area contributed by atoms with Gasteiger partial charge in [0.15, 0.2) is 0 Å². The Kier molecular flexibility index (Phi) is 4.46. The molecule has 0 spiro atoms. The zero-order chi connectivity index (χ0) is 7.98. The van der Waals surface area contributed by atoms with Gasteiger partial charge in [-0.1, -0.05) is 18.6 Å². The summed E-state index contributed by atoms with van der Waals surface area (Å²) in [6.07, 6.45) is 4.96. The van der Waals surface area contributed by atoms with E-state index in [1.54, 1.807) is 0 Å². The Balaban J connectivity index is 4.22.